The van der Waals surface area contributed by atoms with E-state index in [1.54, 1.807) is 17.5 Å². The molecule has 1 heterocycles. The molecule has 5 heteroatoms. The van der Waals surface area contributed by atoms with E-state index in [0.717, 1.165) is 5.56 Å². The summed E-state index contributed by atoms with van der Waals surface area (Å²) >= 11 is 1.33. The second-order valence-corrected chi connectivity index (χ2v) is 3.76. The summed E-state index contributed by atoms with van der Waals surface area (Å²) in [6, 6.07) is 4.93. The average molecular weight is 223 g/mol. The lowest BCUT2D eigenvalue weighted by molar-refractivity contribution is 0.373. The fraction of sp³-hybridized carbons (Fsp3) is 0.100. The second-order valence-electron chi connectivity index (χ2n) is 2.90. The molecule has 15 heavy (non-hydrogen) atoms. The highest BCUT2D eigenvalue weighted by Crippen LogP contribution is 2.33. The molecule has 78 valence electrons. The molecular weight excluding hydrogens is 214 g/mol. The summed E-state index contributed by atoms with van der Waals surface area (Å²) in [5.41, 5.74) is 0.801. The molecule has 0 atom stereocenters. The molecule has 2 N–H and O–H groups in total. The summed E-state index contributed by atoms with van der Waals surface area (Å²) in [6.45, 7) is 0. The largest absolute Gasteiger partial charge is 0.504 e. The van der Waals surface area contributed by atoms with Crippen LogP contribution in [-0.2, 0) is 0 Å². The lowest BCUT2D eigenvalue weighted by Crippen LogP contribution is -1.84. The van der Waals surface area contributed by atoms with Gasteiger partial charge in [0.05, 0.1) is 12.5 Å². The number of nitrogens with zero attached hydrogens (tertiary/aromatic N) is 1. The highest BCUT2D eigenvalue weighted by atomic mass is 32.1. The van der Waals surface area contributed by atoms with Crippen molar-refractivity contribution in [3.8, 4) is 28.0 Å². The fourth-order valence-electron chi connectivity index (χ4n) is 1.21. The Morgan fingerprint density at radius 3 is 2.73 bits per heavy atom. The second kappa shape index (κ2) is 3.78. The summed E-state index contributed by atoms with van der Waals surface area (Å²) in [4.78, 5) is 3.92. The first-order valence-electron chi connectivity index (χ1n) is 4.22. The Morgan fingerprint density at radius 2 is 2.13 bits per heavy atom. The maximum Gasteiger partial charge on any atom is 0.222 e. The van der Waals surface area contributed by atoms with Crippen molar-refractivity contribution in [3.05, 3.63) is 23.6 Å². The lowest BCUT2D eigenvalue weighted by atomic mass is 10.2. The highest BCUT2D eigenvalue weighted by molar-refractivity contribution is 7.13. The van der Waals surface area contributed by atoms with Crippen LogP contribution in [0.4, 0.5) is 0 Å². The van der Waals surface area contributed by atoms with Gasteiger partial charge in [0, 0.05) is 5.56 Å². The Bertz CT molecular complexity index is 481. The van der Waals surface area contributed by atoms with Gasteiger partial charge in [0.25, 0.3) is 0 Å². The van der Waals surface area contributed by atoms with Crippen LogP contribution in [0.2, 0.25) is 0 Å². The molecule has 1 aromatic heterocycles. The number of hydrogen-bond donors (Lipinski definition) is 2. The van der Waals surface area contributed by atoms with Crippen LogP contribution < -0.4 is 4.74 Å². The number of rotatable bonds is 2. The van der Waals surface area contributed by atoms with Gasteiger partial charge in [0.2, 0.25) is 5.88 Å². The predicted molar refractivity (Wildman–Crippen MR) is 57.4 cm³/mol. The molecule has 0 aliphatic rings. The standard InChI is InChI=1S/C10H9NO3S/c1-14-8-4-6(2-3-7(8)12)10-11-9(13)5-15-10/h2-5,12-13H,1H3. The first-order valence-corrected chi connectivity index (χ1v) is 5.10. The molecule has 0 saturated heterocycles. The Morgan fingerprint density at radius 1 is 1.33 bits per heavy atom. The van der Waals surface area contributed by atoms with Crippen LogP contribution in [0.15, 0.2) is 23.6 Å². The fourth-order valence-corrected chi connectivity index (χ4v) is 1.89. The number of methoxy groups -OCH3 is 1. The maximum absolute atomic E-state index is 9.40. The van der Waals surface area contributed by atoms with Crippen molar-refractivity contribution < 1.29 is 14.9 Å². The monoisotopic (exact) mass is 223 g/mol. The van der Waals surface area contributed by atoms with Gasteiger partial charge < -0.3 is 14.9 Å². The molecule has 2 aromatic rings. The summed E-state index contributed by atoms with van der Waals surface area (Å²) < 4.78 is 4.98. The number of aromatic nitrogens is 1. The normalized spacial score (nSPS) is 10.2. The maximum atomic E-state index is 9.40. The third kappa shape index (κ3) is 1.87. The SMILES string of the molecule is COc1cc(-c2nc(O)cs2)ccc1O. The molecule has 0 saturated carbocycles. The number of benzene rings is 1. The van der Waals surface area contributed by atoms with Gasteiger partial charge in [-0.2, -0.15) is 0 Å². The predicted octanol–water partition coefficient (Wildman–Crippen LogP) is 2.23. The van der Waals surface area contributed by atoms with E-state index in [4.69, 9.17) is 9.84 Å². The van der Waals surface area contributed by atoms with E-state index in [9.17, 15) is 5.11 Å². The van der Waals surface area contributed by atoms with Crippen LogP contribution in [0.25, 0.3) is 10.6 Å². The van der Waals surface area contributed by atoms with Crippen molar-refractivity contribution in [2.24, 2.45) is 0 Å². The topological polar surface area (TPSA) is 62.6 Å². The van der Waals surface area contributed by atoms with Crippen LogP contribution in [0.1, 0.15) is 0 Å². The molecule has 1 aromatic carbocycles. The van der Waals surface area contributed by atoms with E-state index in [1.807, 2.05) is 0 Å². The molecular formula is C10H9NO3S. The summed E-state index contributed by atoms with van der Waals surface area (Å²) in [6.07, 6.45) is 0. The van der Waals surface area contributed by atoms with Gasteiger partial charge >= 0.3 is 0 Å². The molecule has 0 bridgehead atoms. The molecule has 0 fully saturated rings. The summed E-state index contributed by atoms with van der Waals surface area (Å²) in [7, 11) is 1.48. The first-order chi connectivity index (χ1) is 7.20. The summed E-state index contributed by atoms with van der Waals surface area (Å²) in [5.74, 6) is 0.478. The van der Waals surface area contributed by atoms with Crippen LogP contribution in [0, 0.1) is 0 Å². The minimum atomic E-state index is 0.00189. The molecule has 2 rings (SSSR count). The molecule has 0 aliphatic carbocycles. The van der Waals surface area contributed by atoms with Crippen molar-refractivity contribution in [2.45, 2.75) is 0 Å². The van der Waals surface area contributed by atoms with E-state index in [0.29, 0.717) is 10.8 Å². The Kier molecular flexibility index (Phi) is 2.47. The molecule has 0 aliphatic heterocycles. The van der Waals surface area contributed by atoms with E-state index in [2.05, 4.69) is 4.98 Å². The zero-order valence-electron chi connectivity index (χ0n) is 7.97. The smallest absolute Gasteiger partial charge is 0.222 e. The highest BCUT2D eigenvalue weighted by Gasteiger charge is 2.07. The van der Waals surface area contributed by atoms with Gasteiger partial charge in [-0.1, -0.05) is 0 Å². The van der Waals surface area contributed by atoms with E-state index in [1.165, 1.54) is 24.5 Å². The van der Waals surface area contributed by atoms with Crippen molar-refractivity contribution in [2.75, 3.05) is 7.11 Å². The lowest BCUT2D eigenvalue weighted by Gasteiger charge is -2.04. The molecule has 4 nitrogen and oxygen atoms in total. The van der Waals surface area contributed by atoms with Crippen molar-refractivity contribution in [1.82, 2.24) is 4.98 Å². The average Bonchev–Trinajstić information content (AvgIpc) is 2.66. The van der Waals surface area contributed by atoms with Crippen molar-refractivity contribution >= 4 is 11.3 Å². The third-order valence-electron chi connectivity index (χ3n) is 1.92. The van der Waals surface area contributed by atoms with E-state index < -0.39 is 0 Å². The first kappa shape index (κ1) is 9.79. The molecule has 0 unspecified atom stereocenters. The van der Waals surface area contributed by atoms with Crippen LogP contribution in [-0.4, -0.2) is 22.3 Å². The van der Waals surface area contributed by atoms with Crippen LogP contribution in [0.5, 0.6) is 17.4 Å². The molecule has 0 spiro atoms. The van der Waals surface area contributed by atoms with Crippen molar-refractivity contribution in [3.63, 3.8) is 0 Å². The van der Waals surface area contributed by atoms with E-state index >= 15 is 0 Å². The minimum Gasteiger partial charge on any atom is -0.504 e. The van der Waals surface area contributed by atoms with Gasteiger partial charge in [-0.3, -0.25) is 0 Å². The van der Waals surface area contributed by atoms with Gasteiger partial charge in [-0.05, 0) is 18.2 Å². The molecule has 0 amide bonds. The minimum absolute atomic E-state index is 0.00189. The Balaban J connectivity index is 2.45. The Labute approximate surface area is 90.4 Å². The zero-order chi connectivity index (χ0) is 10.8. The van der Waals surface area contributed by atoms with Crippen LogP contribution in [0.3, 0.4) is 0 Å². The van der Waals surface area contributed by atoms with Gasteiger partial charge in [0.15, 0.2) is 11.5 Å². The number of hydrogen-bond acceptors (Lipinski definition) is 5. The number of ether oxygens (including phenoxy) is 1. The quantitative estimate of drug-likeness (QED) is 0.819. The van der Waals surface area contributed by atoms with Gasteiger partial charge in [-0.15, -0.1) is 11.3 Å². The number of phenols is 1. The Hall–Kier alpha value is -1.75. The van der Waals surface area contributed by atoms with Gasteiger partial charge in [0.1, 0.15) is 5.01 Å². The van der Waals surface area contributed by atoms with Crippen LogP contribution >= 0.6 is 11.3 Å². The summed E-state index contributed by atoms with van der Waals surface area (Å²) in [5, 5.41) is 20.7. The zero-order valence-corrected chi connectivity index (χ0v) is 8.78. The number of aromatic hydroxyl groups is 2. The number of thiazole rings is 1. The third-order valence-corrected chi connectivity index (χ3v) is 2.80. The number of phenolic OH excluding ortho intramolecular Hbond substituents is 1. The van der Waals surface area contributed by atoms with Crippen molar-refractivity contribution in [1.29, 1.82) is 0 Å². The molecule has 0 radical (unpaired) electrons. The van der Waals surface area contributed by atoms with E-state index in [-0.39, 0.29) is 11.6 Å². The van der Waals surface area contributed by atoms with Gasteiger partial charge in [-0.25, -0.2) is 4.98 Å².